The average Bonchev–Trinajstić information content (AvgIpc) is 3.26. The van der Waals surface area contributed by atoms with E-state index in [2.05, 4.69) is 16.8 Å². The lowest BCUT2D eigenvalue weighted by molar-refractivity contribution is -0.121. The molecular formula is C22H23NO3S. The number of thiophene rings is 1. The van der Waals surface area contributed by atoms with E-state index in [4.69, 9.17) is 4.74 Å². The summed E-state index contributed by atoms with van der Waals surface area (Å²) in [6, 6.07) is 17.5. The molecular weight excluding hydrogens is 358 g/mol. The van der Waals surface area contributed by atoms with Crippen molar-refractivity contribution in [1.82, 2.24) is 5.32 Å². The molecule has 1 amide bonds. The van der Waals surface area contributed by atoms with Crippen molar-refractivity contribution in [2.24, 2.45) is 0 Å². The van der Waals surface area contributed by atoms with Crippen LogP contribution in [0.5, 0.6) is 5.75 Å². The minimum atomic E-state index is -0.716. The highest BCUT2D eigenvalue weighted by molar-refractivity contribution is 7.08. The van der Waals surface area contributed by atoms with Gasteiger partial charge in [0, 0.05) is 13.0 Å². The Bertz CT molecular complexity index is 842. The Balaban J connectivity index is 1.45. The van der Waals surface area contributed by atoms with Gasteiger partial charge in [-0.2, -0.15) is 11.3 Å². The molecule has 140 valence electrons. The van der Waals surface area contributed by atoms with Crippen LogP contribution >= 0.6 is 11.3 Å². The SMILES string of the molecule is COc1ccc(CCC(=O)NCC(O)c2ccc(-c3ccsc3)cc2)cc1. The van der Waals surface area contributed by atoms with E-state index in [-0.39, 0.29) is 12.5 Å². The maximum absolute atomic E-state index is 12.0. The molecule has 1 atom stereocenters. The van der Waals surface area contributed by atoms with Crippen molar-refractivity contribution in [3.05, 3.63) is 76.5 Å². The Labute approximate surface area is 163 Å². The van der Waals surface area contributed by atoms with E-state index in [0.29, 0.717) is 12.8 Å². The number of carbonyl (C=O) groups excluding carboxylic acids is 1. The Kier molecular flexibility index (Phi) is 6.63. The predicted octanol–water partition coefficient (Wildman–Crippen LogP) is 4.21. The number of hydrogen-bond donors (Lipinski definition) is 2. The zero-order valence-electron chi connectivity index (χ0n) is 15.2. The number of methoxy groups -OCH3 is 1. The van der Waals surface area contributed by atoms with Crippen molar-refractivity contribution < 1.29 is 14.6 Å². The highest BCUT2D eigenvalue weighted by Gasteiger charge is 2.10. The number of aryl methyl sites for hydroxylation is 1. The molecule has 27 heavy (non-hydrogen) atoms. The van der Waals surface area contributed by atoms with Gasteiger partial charge < -0.3 is 15.2 Å². The van der Waals surface area contributed by atoms with Crippen molar-refractivity contribution in [3.63, 3.8) is 0 Å². The van der Waals surface area contributed by atoms with Gasteiger partial charge in [-0.3, -0.25) is 4.79 Å². The van der Waals surface area contributed by atoms with Gasteiger partial charge in [0.05, 0.1) is 13.2 Å². The molecule has 0 radical (unpaired) electrons. The maximum atomic E-state index is 12.0. The summed E-state index contributed by atoms with van der Waals surface area (Å²) in [6.45, 7) is 0.208. The van der Waals surface area contributed by atoms with E-state index in [1.807, 2.05) is 53.9 Å². The highest BCUT2D eigenvalue weighted by atomic mass is 32.1. The van der Waals surface area contributed by atoms with Crippen LogP contribution in [-0.2, 0) is 11.2 Å². The summed E-state index contributed by atoms with van der Waals surface area (Å²) in [6.07, 6.45) is 0.323. The Hall–Kier alpha value is -2.63. The van der Waals surface area contributed by atoms with Gasteiger partial charge in [0.15, 0.2) is 0 Å². The molecule has 3 rings (SSSR count). The highest BCUT2D eigenvalue weighted by Crippen LogP contribution is 2.24. The molecule has 0 aliphatic rings. The number of benzene rings is 2. The maximum Gasteiger partial charge on any atom is 0.220 e. The fourth-order valence-corrected chi connectivity index (χ4v) is 3.46. The van der Waals surface area contributed by atoms with Gasteiger partial charge in [-0.25, -0.2) is 0 Å². The second-order valence-electron chi connectivity index (χ2n) is 6.30. The Morgan fingerprint density at radius 1 is 1.07 bits per heavy atom. The van der Waals surface area contributed by atoms with Crippen molar-refractivity contribution in [3.8, 4) is 16.9 Å². The fraction of sp³-hybridized carbons (Fsp3) is 0.227. The van der Waals surface area contributed by atoms with Crippen LogP contribution in [0.4, 0.5) is 0 Å². The molecule has 3 aromatic rings. The van der Waals surface area contributed by atoms with Crippen LogP contribution in [0.1, 0.15) is 23.7 Å². The monoisotopic (exact) mass is 381 g/mol. The molecule has 1 unspecified atom stereocenters. The molecule has 2 N–H and O–H groups in total. The molecule has 0 fully saturated rings. The van der Waals surface area contributed by atoms with E-state index in [0.717, 1.165) is 22.4 Å². The quantitative estimate of drug-likeness (QED) is 0.615. The molecule has 2 aromatic carbocycles. The third-order valence-corrected chi connectivity index (χ3v) is 5.13. The van der Waals surface area contributed by atoms with Crippen LogP contribution in [-0.4, -0.2) is 24.7 Å². The standard InChI is InChI=1S/C22H23NO3S/c1-26-20-9-2-16(3-10-20)4-11-22(25)23-14-21(24)18-7-5-17(6-8-18)19-12-13-27-15-19/h2-3,5-10,12-13,15,21,24H,4,11,14H2,1H3,(H,23,25). The zero-order valence-corrected chi connectivity index (χ0v) is 16.0. The van der Waals surface area contributed by atoms with Gasteiger partial charge in [-0.05, 0) is 57.6 Å². The normalized spacial score (nSPS) is 11.8. The summed E-state index contributed by atoms with van der Waals surface area (Å²) in [5.41, 5.74) is 4.17. The number of hydrogen-bond acceptors (Lipinski definition) is 4. The minimum absolute atomic E-state index is 0.0697. The molecule has 0 aliphatic carbocycles. The number of nitrogens with one attached hydrogen (secondary N) is 1. The largest absolute Gasteiger partial charge is 0.497 e. The van der Waals surface area contributed by atoms with Gasteiger partial charge in [-0.1, -0.05) is 36.4 Å². The van der Waals surface area contributed by atoms with Crippen LogP contribution < -0.4 is 10.1 Å². The number of aliphatic hydroxyl groups is 1. The van der Waals surface area contributed by atoms with Crippen LogP contribution in [0.2, 0.25) is 0 Å². The fourth-order valence-electron chi connectivity index (χ4n) is 2.79. The van der Waals surface area contributed by atoms with Gasteiger partial charge in [-0.15, -0.1) is 0 Å². The van der Waals surface area contributed by atoms with E-state index in [9.17, 15) is 9.90 Å². The summed E-state index contributed by atoms with van der Waals surface area (Å²) in [4.78, 5) is 12.0. The third kappa shape index (κ3) is 5.42. The molecule has 0 saturated heterocycles. The summed E-state index contributed by atoms with van der Waals surface area (Å²) in [7, 11) is 1.63. The Morgan fingerprint density at radius 2 is 1.81 bits per heavy atom. The summed E-state index contributed by atoms with van der Waals surface area (Å²) in [5.74, 6) is 0.733. The molecule has 1 aromatic heterocycles. The lowest BCUT2D eigenvalue weighted by atomic mass is 10.0. The van der Waals surface area contributed by atoms with Gasteiger partial charge in [0.25, 0.3) is 0 Å². The lowest BCUT2D eigenvalue weighted by Crippen LogP contribution is -2.28. The van der Waals surface area contributed by atoms with Crippen LogP contribution in [0, 0.1) is 0 Å². The number of ether oxygens (including phenoxy) is 1. The summed E-state index contributed by atoms with van der Waals surface area (Å²) < 4.78 is 5.12. The lowest BCUT2D eigenvalue weighted by Gasteiger charge is -2.13. The number of carbonyl (C=O) groups is 1. The van der Waals surface area contributed by atoms with Gasteiger partial charge in [0.2, 0.25) is 5.91 Å². The second kappa shape index (κ2) is 9.35. The molecule has 5 heteroatoms. The van der Waals surface area contributed by atoms with E-state index >= 15 is 0 Å². The van der Waals surface area contributed by atoms with Crippen LogP contribution in [0.3, 0.4) is 0 Å². The van der Waals surface area contributed by atoms with Crippen molar-refractivity contribution >= 4 is 17.2 Å². The Morgan fingerprint density at radius 3 is 2.44 bits per heavy atom. The number of amides is 1. The molecule has 0 saturated carbocycles. The van der Waals surface area contributed by atoms with Crippen molar-refractivity contribution in [1.29, 1.82) is 0 Å². The number of aliphatic hydroxyl groups excluding tert-OH is 1. The molecule has 1 heterocycles. The molecule has 4 nitrogen and oxygen atoms in total. The zero-order chi connectivity index (χ0) is 19.1. The minimum Gasteiger partial charge on any atom is -0.497 e. The summed E-state index contributed by atoms with van der Waals surface area (Å²) >= 11 is 1.66. The van der Waals surface area contributed by atoms with E-state index in [1.54, 1.807) is 18.4 Å². The van der Waals surface area contributed by atoms with E-state index in [1.165, 1.54) is 5.56 Å². The van der Waals surface area contributed by atoms with E-state index < -0.39 is 6.10 Å². The molecule has 0 bridgehead atoms. The first-order valence-corrected chi connectivity index (χ1v) is 9.80. The van der Waals surface area contributed by atoms with Gasteiger partial charge in [0.1, 0.15) is 5.75 Å². The first-order chi connectivity index (χ1) is 13.2. The smallest absolute Gasteiger partial charge is 0.220 e. The average molecular weight is 381 g/mol. The van der Waals surface area contributed by atoms with Crippen LogP contribution in [0.15, 0.2) is 65.4 Å². The third-order valence-electron chi connectivity index (χ3n) is 4.44. The summed E-state index contributed by atoms with van der Waals surface area (Å²) in [5, 5.41) is 17.2. The predicted molar refractivity (Wildman–Crippen MR) is 109 cm³/mol. The topological polar surface area (TPSA) is 58.6 Å². The number of rotatable bonds is 8. The van der Waals surface area contributed by atoms with Gasteiger partial charge >= 0.3 is 0 Å². The molecule has 0 spiro atoms. The second-order valence-corrected chi connectivity index (χ2v) is 7.08. The molecule has 0 aliphatic heterocycles. The first-order valence-electron chi connectivity index (χ1n) is 8.86. The van der Waals surface area contributed by atoms with Crippen molar-refractivity contribution in [2.75, 3.05) is 13.7 Å². The van der Waals surface area contributed by atoms with Crippen LogP contribution in [0.25, 0.3) is 11.1 Å². The first kappa shape index (κ1) is 19.1. The van der Waals surface area contributed by atoms with Crippen molar-refractivity contribution in [2.45, 2.75) is 18.9 Å².